The summed E-state index contributed by atoms with van der Waals surface area (Å²) < 4.78 is 29.3. The highest BCUT2D eigenvalue weighted by Gasteiger charge is 2.25. The molecule has 1 fully saturated rings. The Hall–Kier alpha value is -0.130. The second kappa shape index (κ2) is 4.39. The van der Waals surface area contributed by atoms with Crippen LogP contribution in [-0.2, 0) is 14.8 Å². The maximum atomic E-state index is 11.2. The largest absolute Gasteiger partial charge is 0.377 e. The van der Waals surface area contributed by atoms with Gasteiger partial charge in [0, 0.05) is 19.7 Å². The second-order valence-corrected chi connectivity index (χ2v) is 5.32. The van der Waals surface area contributed by atoms with Crippen molar-refractivity contribution in [2.24, 2.45) is 0 Å². The van der Waals surface area contributed by atoms with Gasteiger partial charge in [-0.05, 0) is 19.8 Å². The molecule has 1 heterocycles. The number of piperidine rings is 1. The summed E-state index contributed by atoms with van der Waals surface area (Å²) in [6, 6.07) is 0. The molecule has 0 saturated carbocycles. The fourth-order valence-corrected chi connectivity index (χ4v) is 2.48. The van der Waals surface area contributed by atoms with E-state index >= 15 is 0 Å². The van der Waals surface area contributed by atoms with Crippen molar-refractivity contribution in [3.8, 4) is 0 Å². The molecule has 1 saturated heterocycles. The van der Waals surface area contributed by atoms with Crippen LogP contribution in [0.3, 0.4) is 0 Å². The summed E-state index contributed by atoms with van der Waals surface area (Å²) in [7, 11) is -3.02. The average molecular weight is 207 g/mol. The second-order valence-electron chi connectivity index (χ2n) is 3.34. The quantitative estimate of drug-likeness (QED) is 0.675. The summed E-state index contributed by atoms with van der Waals surface area (Å²) in [5, 5.41) is 0. The number of ether oxygens (including phenoxy) is 1. The molecule has 0 aromatic carbocycles. The van der Waals surface area contributed by atoms with Gasteiger partial charge in [0.1, 0.15) is 0 Å². The normalized spacial score (nSPS) is 26.2. The first-order valence-electron chi connectivity index (χ1n) is 4.60. The smallest absolute Gasteiger partial charge is 0.211 e. The van der Waals surface area contributed by atoms with Crippen molar-refractivity contribution in [1.82, 2.24) is 4.31 Å². The zero-order chi connectivity index (χ0) is 9.90. The van der Waals surface area contributed by atoms with Gasteiger partial charge in [0.05, 0.1) is 12.4 Å². The third-order valence-electron chi connectivity index (χ3n) is 2.21. The van der Waals surface area contributed by atoms with Crippen LogP contribution in [0.5, 0.6) is 0 Å². The molecule has 1 unspecified atom stereocenters. The molecule has 0 amide bonds. The molecule has 0 N–H and O–H groups in total. The van der Waals surface area contributed by atoms with Gasteiger partial charge in [-0.2, -0.15) is 4.31 Å². The Morgan fingerprint density at radius 3 is 2.77 bits per heavy atom. The molecule has 0 spiro atoms. The molecule has 78 valence electrons. The molecule has 0 radical (unpaired) electrons. The van der Waals surface area contributed by atoms with Gasteiger partial charge in [-0.25, -0.2) is 8.42 Å². The van der Waals surface area contributed by atoms with Crippen molar-refractivity contribution in [3.63, 3.8) is 0 Å². The van der Waals surface area contributed by atoms with Crippen LogP contribution in [0.1, 0.15) is 19.8 Å². The molecule has 1 atom stereocenters. The number of sulfonamides is 1. The van der Waals surface area contributed by atoms with Gasteiger partial charge in [0.25, 0.3) is 0 Å². The van der Waals surface area contributed by atoms with Crippen molar-refractivity contribution in [2.75, 3.05) is 26.0 Å². The SMILES string of the molecule is CCOC1CCCN(S(C)(=O)=O)C1. The van der Waals surface area contributed by atoms with E-state index in [0.717, 1.165) is 12.8 Å². The first kappa shape index (κ1) is 10.9. The topological polar surface area (TPSA) is 46.6 Å². The Balaban J connectivity index is 2.52. The summed E-state index contributed by atoms with van der Waals surface area (Å²) >= 11 is 0. The predicted octanol–water partition coefficient (Wildman–Crippen LogP) is 0.447. The third kappa shape index (κ3) is 3.25. The highest BCUT2D eigenvalue weighted by molar-refractivity contribution is 7.88. The highest BCUT2D eigenvalue weighted by Crippen LogP contribution is 2.15. The van der Waals surface area contributed by atoms with E-state index in [9.17, 15) is 8.42 Å². The minimum absolute atomic E-state index is 0.0912. The molecule has 0 aliphatic carbocycles. The molecular weight excluding hydrogens is 190 g/mol. The van der Waals surface area contributed by atoms with Crippen LogP contribution in [-0.4, -0.2) is 44.8 Å². The molecule has 4 nitrogen and oxygen atoms in total. The van der Waals surface area contributed by atoms with E-state index in [1.807, 2.05) is 6.92 Å². The van der Waals surface area contributed by atoms with Crippen LogP contribution in [0.15, 0.2) is 0 Å². The Bertz CT molecular complexity index is 248. The Kier molecular flexibility index (Phi) is 3.70. The Morgan fingerprint density at radius 1 is 1.54 bits per heavy atom. The number of nitrogens with zero attached hydrogens (tertiary/aromatic N) is 1. The highest BCUT2D eigenvalue weighted by atomic mass is 32.2. The first-order chi connectivity index (χ1) is 6.04. The summed E-state index contributed by atoms with van der Waals surface area (Å²) in [5.74, 6) is 0. The molecule has 5 heteroatoms. The summed E-state index contributed by atoms with van der Waals surface area (Å²) in [4.78, 5) is 0. The number of hydrogen-bond donors (Lipinski definition) is 0. The first-order valence-corrected chi connectivity index (χ1v) is 6.45. The Morgan fingerprint density at radius 2 is 2.23 bits per heavy atom. The third-order valence-corrected chi connectivity index (χ3v) is 3.48. The summed E-state index contributed by atoms with van der Waals surface area (Å²) in [6.07, 6.45) is 3.22. The molecule has 0 aromatic rings. The lowest BCUT2D eigenvalue weighted by molar-refractivity contribution is 0.0266. The van der Waals surface area contributed by atoms with Crippen LogP contribution in [0.25, 0.3) is 0 Å². The molecule has 13 heavy (non-hydrogen) atoms. The predicted molar refractivity (Wildman–Crippen MR) is 51.1 cm³/mol. The average Bonchev–Trinajstić information content (AvgIpc) is 2.04. The van der Waals surface area contributed by atoms with E-state index in [4.69, 9.17) is 4.74 Å². The van der Waals surface area contributed by atoms with Crippen LogP contribution in [0.2, 0.25) is 0 Å². The van der Waals surface area contributed by atoms with Crippen LogP contribution in [0.4, 0.5) is 0 Å². The lowest BCUT2D eigenvalue weighted by atomic mass is 10.1. The van der Waals surface area contributed by atoms with E-state index in [2.05, 4.69) is 0 Å². The lowest BCUT2D eigenvalue weighted by Gasteiger charge is -2.30. The Labute approximate surface area is 79.9 Å². The number of rotatable bonds is 3. The zero-order valence-corrected chi connectivity index (χ0v) is 9.01. The molecular formula is C8H17NO3S. The van der Waals surface area contributed by atoms with Crippen LogP contribution < -0.4 is 0 Å². The maximum Gasteiger partial charge on any atom is 0.211 e. The van der Waals surface area contributed by atoms with Crippen molar-refractivity contribution < 1.29 is 13.2 Å². The van der Waals surface area contributed by atoms with Gasteiger partial charge < -0.3 is 4.74 Å². The van der Waals surface area contributed by atoms with Gasteiger partial charge in [-0.1, -0.05) is 0 Å². The minimum Gasteiger partial charge on any atom is -0.377 e. The standard InChI is InChI=1S/C8H17NO3S/c1-3-12-8-5-4-6-9(7-8)13(2,10)11/h8H,3-7H2,1-2H3. The molecule has 1 rings (SSSR count). The van der Waals surface area contributed by atoms with Gasteiger partial charge >= 0.3 is 0 Å². The lowest BCUT2D eigenvalue weighted by Crippen LogP contribution is -2.42. The molecule has 0 aromatic heterocycles. The molecule has 0 bridgehead atoms. The fraction of sp³-hybridized carbons (Fsp3) is 1.00. The van der Waals surface area contributed by atoms with Crippen LogP contribution >= 0.6 is 0 Å². The van der Waals surface area contributed by atoms with Crippen molar-refractivity contribution in [3.05, 3.63) is 0 Å². The maximum absolute atomic E-state index is 11.2. The van der Waals surface area contributed by atoms with Crippen molar-refractivity contribution in [2.45, 2.75) is 25.9 Å². The minimum atomic E-state index is -3.02. The van der Waals surface area contributed by atoms with Crippen LogP contribution in [0, 0.1) is 0 Å². The van der Waals surface area contributed by atoms with Crippen molar-refractivity contribution in [1.29, 1.82) is 0 Å². The fourth-order valence-electron chi connectivity index (χ4n) is 1.58. The molecule has 1 aliphatic rings. The van der Waals surface area contributed by atoms with E-state index < -0.39 is 10.0 Å². The van der Waals surface area contributed by atoms with Gasteiger partial charge in [-0.3, -0.25) is 0 Å². The van der Waals surface area contributed by atoms with E-state index in [1.165, 1.54) is 10.6 Å². The van der Waals surface area contributed by atoms with Crippen molar-refractivity contribution >= 4 is 10.0 Å². The van der Waals surface area contributed by atoms with E-state index in [-0.39, 0.29) is 6.10 Å². The van der Waals surface area contributed by atoms with E-state index in [1.54, 1.807) is 0 Å². The molecule has 1 aliphatic heterocycles. The monoisotopic (exact) mass is 207 g/mol. The van der Waals surface area contributed by atoms with Gasteiger partial charge in [-0.15, -0.1) is 0 Å². The summed E-state index contributed by atoms with van der Waals surface area (Å²) in [5.41, 5.74) is 0. The van der Waals surface area contributed by atoms with Gasteiger partial charge in [0.15, 0.2) is 0 Å². The zero-order valence-electron chi connectivity index (χ0n) is 8.19. The summed E-state index contributed by atoms with van der Waals surface area (Å²) in [6.45, 7) is 3.75. The number of hydrogen-bond acceptors (Lipinski definition) is 3. The van der Waals surface area contributed by atoms with E-state index in [0.29, 0.717) is 19.7 Å². The van der Waals surface area contributed by atoms with Gasteiger partial charge in [0.2, 0.25) is 10.0 Å².